The van der Waals surface area contributed by atoms with Gasteiger partial charge in [-0.15, -0.1) is 0 Å². The molecule has 1 heterocycles. The van der Waals surface area contributed by atoms with E-state index < -0.39 is 4.92 Å². The fraction of sp³-hybridized carbons (Fsp3) is 0.111. The number of nitrogens with one attached hydrogen (secondary N) is 1. The number of phenols is 1. The lowest BCUT2D eigenvalue weighted by atomic mass is 10.2. The Bertz CT molecular complexity index is 496. The number of nitro groups is 1. The molecule has 1 aliphatic heterocycles. The maximum absolute atomic E-state index is 10.6. The van der Waals surface area contributed by atoms with E-state index in [-0.39, 0.29) is 11.4 Å². The zero-order valence-corrected chi connectivity index (χ0v) is 8.12. The summed E-state index contributed by atoms with van der Waals surface area (Å²) in [5.41, 5.74) is 0.106. The number of aliphatic imine (C=N–C) groups is 2. The molecule has 1 aliphatic rings. The normalized spacial score (nSPS) is 13.6. The molecule has 0 saturated heterocycles. The van der Waals surface area contributed by atoms with Gasteiger partial charge in [-0.1, -0.05) is 0 Å². The van der Waals surface area contributed by atoms with Gasteiger partial charge < -0.3 is 10.4 Å². The first kappa shape index (κ1) is 10.1. The van der Waals surface area contributed by atoms with Crippen molar-refractivity contribution in [2.45, 2.75) is 0 Å². The summed E-state index contributed by atoms with van der Waals surface area (Å²) in [5.74, 6) is 0.0346. The first-order valence-electron chi connectivity index (χ1n) is 4.48. The molecule has 7 nitrogen and oxygen atoms in total. The fourth-order valence-corrected chi connectivity index (χ4v) is 1.24. The van der Waals surface area contributed by atoms with Gasteiger partial charge in [-0.2, -0.15) is 0 Å². The zero-order chi connectivity index (χ0) is 11.5. The predicted molar refractivity (Wildman–Crippen MR) is 59.2 cm³/mol. The minimum atomic E-state index is -0.653. The van der Waals surface area contributed by atoms with Crippen LogP contribution in [0.15, 0.2) is 28.2 Å². The molecule has 0 amide bonds. The van der Waals surface area contributed by atoms with Gasteiger partial charge >= 0.3 is 5.69 Å². The molecular weight excluding hydrogens is 212 g/mol. The van der Waals surface area contributed by atoms with Gasteiger partial charge in [-0.25, -0.2) is 9.98 Å². The van der Waals surface area contributed by atoms with Crippen molar-refractivity contribution in [3.8, 4) is 5.75 Å². The van der Waals surface area contributed by atoms with Crippen molar-refractivity contribution in [3.63, 3.8) is 0 Å². The maximum atomic E-state index is 10.6. The van der Waals surface area contributed by atoms with Crippen LogP contribution in [0.3, 0.4) is 0 Å². The lowest BCUT2D eigenvalue weighted by Crippen LogP contribution is -2.06. The van der Waals surface area contributed by atoms with Crippen molar-refractivity contribution in [3.05, 3.63) is 28.3 Å². The number of nitrogens with zero attached hydrogens (tertiary/aromatic N) is 3. The molecule has 0 fully saturated rings. The molecule has 82 valence electrons. The van der Waals surface area contributed by atoms with Crippen molar-refractivity contribution in [1.82, 2.24) is 0 Å². The van der Waals surface area contributed by atoms with Gasteiger partial charge in [0, 0.05) is 18.0 Å². The molecule has 2 rings (SSSR count). The van der Waals surface area contributed by atoms with Gasteiger partial charge in [0.15, 0.2) is 5.75 Å². The van der Waals surface area contributed by atoms with E-state index in [1.165, 1.54) is 18.2 Å². The average Bonchev–Trinajstić information content (AvgIpc) is 2.73. The molecule has 0 bridgehead atoms. The van der Waals surface area contributed by atoms with Gasteiger partial charge in [0.1, 0.15) is 0 Å². The van der Waals surface area contributed by atoms with Crippen molar-refractivity contribution in [2.24, 2.45) is 9.98 Å². The Kier molecular flexibility index (Phi) is 2.50. The summed E-state index contributed by atoms with van der Waals surface area (Å²) in [6.45, 7) is 0.502. The van der Waals surface area contributed by atoms with Gasteiger partial charge in [0.25, 0.3) is 0 Å². The van der Waals surface area contributed by atoms with Gasteiger partial charge in [0.2, 0.25) is 5.96 Å². The van der Waals surface area contributed by atoms with E-state index in [0.29, 0.717) is 18.2 Å². The summed E-state index contributed by atoms with van der Waals surface area (Å²) >= 11 is 0. The van der Waals surface area contributed by atoms with Crippen LogP contribution in [0.2, 0.25) is 0 Å². The van der Waals surface area contributed by atoms with Crippen LogP contribution in [-0.4, -0.2) is 28.7 Å². The molecule has 7 heteroatoms. The second-order valence-electron chi connectivity index (χ2n) is 3.06. The van der Waals surface area contributed by atoms with Crippen molar-refractivity contribution < 1.29 is 10.0 Å². The molecular formula is C9H8N4O3. The fourth-order valence-electron chi connectivity index (χ4n) is 1.24. The van der Waals surface area contributed by atoms with Gasteiger partial charge in [0.05, 0.1) is 11.5 Å². The van der Waals surface area contributed by atoms with E-state index in [4.69, 9.17) is 0 Å². The molecule has 0 radical (unpaired) electrons. The summed E-state index contributed by atoms with van der Waals surface area (Å²) in [4.78, 5) is 17.8. The molecule has 16 heavy (non-hydrogen) atoms. The highest BCUT2D eigenvalue weighted by molar-refractivity contribution is 6.02. The summed E-state index contributed by atoms with van der Waals surface area (Å²) < 4.78 is 0. The Hall–Kier alpha value is -2.44. The molecule has 0 aliphatic carbocycles. The highest BCUT2D eigenvalue weighted by atomic mass is 16.6. The van der Waals surface area contributed by atoms with Gasteiger partial charge in [-0.05, 0) is 12.1 Å². The lowest BCUT2D eigenvalue weighted by molar-refractivity contribution is -0.385. The standard InChI is InChI=1S/C9H8N4O3/c14-8-2-1-6(5-7(8)13(15)16)12-9-10-3-4-11-9/h1-3,5,14H,4H2,(H,11,12). The molecule has 0 saturated carbocycles. The number of phenolic OH excluding ortho intramolecular Hbond substituents is 1. The first-order valence-corrected chi connectivity index (χ1v) is 4.48. The zero-order valence-electron chi connectivity index (χ0n) is 8.12. The molecule has 0 spiro atoms. The molecule has 1 aromatic carbocycles. The third-order valence-corrected chi connectivity index (χ3v) is 1.96. The van der Waals surface area contributed by atoms with Crippen LogP contribution in [0.1, 0.15) is 0 Å². The third kappa shape index (κ3) is 1.97. The van der Waals surface area contributed by atoms with Crippen LogP contribution in [0, 0.1) is 10.1 Å². The van der Waals surface area contributed by atoms with Crippen LogP contribution in [-0.2, 0) is 0 Å². The number of anilines is 1. The second kappa shape index (κ2) is 3.97. The highest BCUT2D eigenvalue weighted by Gasteiger charge is 2.14. The minimum Gasteiger partial charge on any atom is -0.502 e. The number of rotatable bonds is 2. The summed E-state index contributed by atoms with van der Waals surface area (Å²) in [6.07, 6.45) is 1.62. The number of hydrogen-bond donors (Lipinski definition) is 2. The monoisotopic (exact) mass is 220 g/mol. The van der Waals surface area contributed by atoms with Crippen LogP contribution in [0.4, 0.5) is 11.4 Å². The Balaban J connectivity index is 2.25. The Morgan fingerprint density at radius 3 is 2.94 bits per heavy atom. The maximum Gasteiger partial charge on any atom is 0.312 e. The average molecular weight is 220 g/mol. The van der Waals surface area contributed by atoms with Crippen molar-refractivity contribution >= 4 is 23.5 Å². The molecule has 2 N–H and O–H groups in total. The summed E-state index contributed by atoms with van der Waals surface area (Å²) in [5, 5.41) is 22.6. The van der Waals surface area contributed by atoms with Crippen molar-refractivity contribution in [1.29, 1.82) is 0 Å². The van der Waals surface area contributed by atoms with E-state index >= 15 is 0 Å². The smallest absolute Gasteiger partial charge is 0.312 e. The third-order valence-electron chi connectivity index (χ3n) is 1.96. The number of aromatic hydroxyl groups is 1. The van der Waals surface area contributed by atoms with E-state index in [1.54, 1.807) is 6.21 Å². The Morgan fingerprint density at radius 1 is 1.50 bits per heavy atom. The first-order chi connectivity index (χ1) is 7.66. The largest absolute Gasteiger partial charge is 0.502 e. The van der Waals surface area contributed by atoms with E-state index in [0.717, 1.165) is 0 Å². The minimum absolute atomic E-state index is 0.354. The second-order valence-corrected chi connectivity index (χ2v) is 3.06. The molecule has 0 unspecified atom stereocenters. The SMILES string of the molecule is O=[N+]([O-])c1cc(NC2=NCC=N2)ccc1O. The summed E-state index contributed by atoms with van der Waals surface area (Å²) in [6, 6.07) is 3.99. The molecule has 0 aromatic heterocycles. The van der Waals surface area contributed by atoms with E-state index in [2.05, 4.69) is 15.3 Å². The van der Waals surface area contributed by atoms with Crippen molar-refractivity contribution in [2.75, 3.05) is 11.9 Å². The predicted octanol–water partition coefficient (Wildman–Crippen LogP) is 1.15. The molecule has 0 atom stereocenters. The number of benzene rings is 1. The number of guanidine groups is 1. The van der Waals surface area contributed by atoms with E-state index in [1.807, 2.05) is 0 Å². The Labute approximate surface area is 90.3 Å². The highest BCUT2D eigenvalue weighted by Crippen LogP contribution is 2.28. The number of nitro benzene ring substituents is 1. The quantitative estimate of drug-likeness (QED) is 0.443. The van der Waals surface area contributed by atoms with E-state index in [9.17, 15) is 15.2 Å². The molecule has 1 aromatic rings. The van der Waals surface area contributed by atoms with Gasteiger partial charge in [-0.3, -0.25) is 10.1 Å². The van der Waals surface area contributed by atoms with Crippen LogP contribution in [0.25, 0.3) is 0 Å². The van der Waals surface area contributed by atoms with Crippen LogP contribution in [0.5, 0.6) is 5.75 Å². The topological polar surface area (TPSA) is 100 Å². The summed E-state index contributed by atoms with van der Waals surface area (Å²) in [7, 11) is 0. The number of hydrogen-bond acceptors (Lipinski definition) is 6. The lowest BCUT2D eigenvalue weighted by Gasteiger charge is -2.03. The van der Waals surface area contributed by atoms with Crippen LogP contribution < -0.4 is 5.32 Å². The van der Waals surface area contributed by atoms with Crippen LogP contribution >= 0.6 is 0 Å². The Morgan fingerprint density at radius 2 is 2.31 bits per heavy atom.